The molecule has 0 saturated carbocycles. The zero-order valence-electron chi connectivity index (χ0n) is 16.6. The van der Waals surface area contributed by atoms with Crippen molar-refractivity contribution in [3.63, 3.8) is 0 Å². The topological polar surface area (TPSA) is 63.4 Å². The van der Waals surface area contributed by atoms with E-state index in [1.165, 1.54) is 0 Å². The van der Waals surface area contributed by atoms with Gasteiger partial charge in [0.05, 0.1) is 11.1 Å². The summed E-state index contributed by atoms with van der Waals surface area (Å²) in [6.07, 6.45) is 2.09. The summed E-state index contributed by atoms with van der Waals surface area (Å²) in [7, 11) is 0. The summed E-state index contributed by atoms with van der Waals surface area (Å²) in [5.41, 5.74) is 1.58. The highest BCUT2D eigenvalue weighted by molar-refractivity contribution is 9.10. The molecule has 0 radical (unpaired) electrons. The summed E-state index contributed by atoms with van der Waals surface area (Å²) in [4.78, 5) is 15.6. The molecule has 2 N–H and O–H groups in total. The number of aromatic amines is 1. The summed E-state index contributed by atoms with van der Waals surface area (Å²) in [5.74, 6) is 0.663. The molecule has 0 saturated heterocycles. The van der Waals surface area contributed by atoms with Gasteiger partial charge in [-0.05, 0) is 73.0 Å². The van der Waals surface area contributed by atoms with Gasteiger partial charge in [0.2, 0.25) is 0 Å². The quantitative estimate of drug-likeness (QED) is 0.449. The number of para-hydroxylation sites is 1. The van der Waals surface area contributed by atoms with Crippen LogP contribution in [0.1, 0.15) is 26.3 Å². The van der Waals surface area contributed by atoms with Gasteiger partial charge in [-0.2, -0.15) is 0 Å². The molecule has 2 aromatic carbocycles. The minimum Gasteiger partial charge on any atom is -0.491 e. The van der Waals surface area contributed by atoms with Gasteiger partial charge < -0.3 is 19.8 Å². The molecule has 1 heterocycles. The maximum absolute atomic E-state index is 12.3. The molecular weight excluding hydrogens is 456 g/mol. The molecule has 0 spiro atoms. The van der Waals surface area contributed by atoms with Gasteiger partial charge in [0.25, 0.3) is 0 Å². The van der Waals surface area contributed by atoms with Gasteiger partial charge in [0, 0.05) is 21.6 Å². The Balaban J connectivity index is 1.75. The van der Waals surface area contributed by atoms with Crippen LogP contribution < -0.4 is 10.1 Å². The molecule has 0 unspecified atom stereocenters. The Bertz CT molecular complexity index is 997. The van der Waals surface area contributed by atoms with E-state index in [-0.39, 0.29) is 12.6 Å². The number of hydrogen-bond donors (Lipinski definition) is 2. The molecule has 1 amide bonds. The van der Waals surface area contributed by atoms with E-state index in [9.17, 15) is 4.79 Å². The second kappa shape index (κ2) is 9.09. The molecule has 0 aliphatic carbocycles. The van der Waals surface area contributed by atoms with Crippen LogP contribution in [-0.4, -0.2) is 29.3 Å². The van der Waals surface area contributed by atoms with Crippen molar-refractivity contribution in [2.75, 3.05) is 6.61 Å². The third-order valence-corrected chi connectivity index (χ3v) is 5.42. The number of benzene rings is 2. The van der Waals surface area contributed by atoms with E-state index in [0.29, 0.717) is 17.2 Å². The number of nitrogens with one attached hydrogen (secondary N) is 2. The van der Waals surface area contributed by atoms with Crippen LogP contribution in [0.3, 0.4) is 0 Å². The van der Waals surface area contributed by atoms with Crippen molar-refractivity contribution in [2.45, 2.75) is 38.8 Å². The first kappa shape index (κ1) is 21.5. The van der Waals surface area contributed by atoms with Crippen molar-refractivity contribution in [3.8, 4) is 5.75 Å². The van der Waals surface area contributed by atoms with Crippen LogP contribution >= 0.6 is 27.5 Å². The molecule has 7 heteroatoms. The first-order chi connectivity index (χ1) is 13.7. The van der Waals surface area contributed by atoms with E-state index in [4.69, 9.17) is 21.1 Å². The van der Waals surface area contributed by atoms with Gasteiger partial charge in [0.15, 0.2) is 0 Å². The summed E-state index contributed by atoms with van der Waals surface area (Å²) < 4.78 is 12.1. The van der Waals surface area contributed by atoms with Crippen molar-refractivity contribution < 1.29 is 14.3 Å². The van der Waals surface area contributed by atoms with Crippen molar-refractivity contribution in [3.05, 3.63) is 63.7 Å². The Morgan fingerprint density at radius 1 is 1.24 bits per heavy atom. The minimum absolute atomic E-state index is 0.279. The lowest BCUT2D eigenvalue weighted by Crippen LogP contribution is -2.43. The fourth-order valence-corrected chi connectivity index (χ4v) is 3.43. The normalized spacial score (nSPS) is 12.6. The van der Waals surface area contributed by atoms with Crippen molar-refractivity contribution in [1.82, 2.24) is 10.3 Å². The standard InChI is InChI=1S/C22H24BrClN2O3/c1-22(2,3)29-21(27)26-15(13-28-16-8-9-19(24)18(23)11-16)10-14-12-25-20-7-5-4-6-17(14)20/h4-9,11-12,15,25H,10,13H2,1-3H3,(H,26,27)/t15-/m0/s1. The summed E-state index contributed by atoms with van der Waals surface area (Å²) in [6.45, 7) is 5.79. The number of aromatic nitrogens is 1. The van der Waals surface area contributed by atoms with Crippen LogP contribution in [0.2, 0.25) is 5.02 Å². The molecule has 154 valence electrons. The predicted octanol–water partition coefficient (Wildman–Crippen LogP) is 6.10. The minimum atomic E-state index is -0.572. The highest BCUT2D eigenvalue weighted by Crippen LogP contribution is 2.27. The van der Waals surface area contributed by atoms with Crippen molar-refractivity contribution in [1.29, 1.82) is 0 Å². The number of ether oxygens (including phenoxy) is 2. The highest BCUT2D eigenvalue weighted by Gasteiger charge is 2.21. The first-order valence-corrected chi connectivity index (χ1v) is 10.5. The van der Waals surface area contributed by atoms with Crippen LogP contribution in [0.25, 0.3) is 10.9 Å². The van der Waals surface area contributed by atoms with Crippen LogP contribution in [0, 0.1) is 0 Å². The number of alkyl carbamates (subject to hydrolysis) is 1. The summed E-state index contributed by atoms with van der Waals surface area (Å²) in [5, 5.41) is 4.67. The van der Waals surface area contributed by atoms with Crippen molar-refractivity contribution in [2.24, 2.45) is 0 Å². The maximum Gasteiger partial charge on any atom is 0.408 e. The first-order valence-electron chi connectivity index (χ1n) is 9.33. The van der Waals surface area contributed by atoms with E-state index in [0.717, 1.165) is 20.9 Å². The van der Waals surface area contributed by atoms with E-state index in [2.05, 4.69) is 32.3 Å². The average Bonchev–Trinajstić information content (AvgIpc) is 3.04. The van der Waals surface area contributed by atoms with E-state index >= 15 is 0 Å². The second-order valence-corrected chi connectivity index (χ2v) is 9.06. The molecule has 29 heavy (non-hydrogen) atoms. The molecule has 0 fully saturated rings. The smallest absolute Gasteiger partial charge is 0.408 e. The Kier molecular flexibility index (Phi) is 6.75. The van der Waals surface area contributed by atoms with Crippen molar-refractivity contribution >= 4 is 44.5 Å². The Morgan fingerprint density at radius 2 is 2.00 bits per heavy atom. The molecule has 1 aromatic heterocycles. The van der Waals surface area contributed by atoms with Gasteiger partial charge in [-0.25, -0.2) is 4.79 Å². The van der Waals surface area contributed by atoms with Gasteiger partial charge in [-0.15, -0.1) is 0 Å². The number of H-pyrrole nitrogens is 1. The molecule has 3 rings (SSSR count). The average molecular weight is 480 g/mol. The van der Waals surface area contributed by atoms with Crippen LogP contribution in [0.5, 0.6) is 5.75 Å². The van der Waals surface area contributed by atoms with E-state index < -0.39 is 11.7 Å². The van der Waals surface area contributed by atoms with Crippen LogP contribution in [0.4, 0.5) is 4.79 Å². The third-order valence-electron chi connectivity index (χ3n) is 4.20. The lowest BCUT2D eigenvalue weighted by Gasteiger charge is -2.24. The zero-order chi connectivity index (χ0) is 21.0. The fourth-order valence-electron chi connectivity index (χ4n) is 2.96. The number of halogens is 2. The Morgan fingerprint density at radius 3 is 2.72 bits per heavy atom. The Hall–Kier alpha value is -2.18. The molecule has 0 bridgehead atoms. The number of fused-ring (bicyclic) bond motifs is 1. The highest BCUT2D eigenvalue weighted by atomic mass is 79.9. The van der Waals surface area contributed by atoms with Gasteiger partial charge in [0.1, 0.15) is 18.0 Å². The number of carbonyl (C=O) groups excluding carboxylic acids is 1. The molecule has 3 aromatic rings. The maximum atomic E-state index is 12.3. The molecule has 0 aliphatic heterocycles. The van der Waals surface area contributed by atoms with Gasteiger partial charge in [-0.1, -0.05) is 29.8 Å². The number of amides is 1. The number of rotatable bonds is 6. The largest absolute Gasteiger partial charge is 0.491 e. The second-order valence-electron chi connectivity index (χ2n) is 7.79. The monoisotopic (exact) mass is 478 g/mol. The molecular formula is C22H24BrClN2O3. The Labute approximate surface area is 183 Å². The predicted molar refractivity (Wildman–Crippen MR) is 120 cm³/mol. The fraction of sp³-hybridized carbons (Fsp3) is 0.318. The van der Waals surface area contributed by atoms with Gasteiger partial charge in [-0.3, -0.25) is 0 Å². The third kappa shape index (κ3) is 6.15. The number of hydrogen-bond acceptors (Lipinski definition) is 3. The SMILES string of the molecule is CC(C)(C)OC(=O)N[C@H](COc1ccc(Cl)c(Br)c1)Cc1c[nH]c2ccccc12. The molecule has 1 atom stereocenters. The van der Waals surface area contributed by atoms with Crippen LogP contribution in [-0.2, 0) is 11.2 Å². The summed E-state index contributed by atoms with van der Waals surface area (Å²) >= 11 is 9.44. The van der Waals surface area contributed by atoms with E-state index in [1.807, 2.05) is 45.2 Å². The zero-order valence-corrected chi connectivity index (χ0v) is 18.9. The van der Waals surface area contributed by atoms with Gasteiger partial charge >= 0.3 is 6.09 Å². The summed E-state index contributed by atoms with van der Waals surface area (Å²) in [6, 6.07) is 13.1. The molecule has 0 aliphatic rings. The van der Waals surface area contributed by atoms with E-state index in [1.54, 1.807) is 18.2 Å². The lowest BCUT2D eigenvalue weighted by molar-refractivity contribution is 0.0488. The number of carbonyl (C=O) groups is 1. The van der Waals surface area contributed by atoms with Crippen LogP contribution in [0.15, 0.2) is 53.1 Å². The lowest BCUT2D eigenvalue weighted by atomic mass is 10.1. The molecule has 5 nitrogen and oxygen atoms in total.